The molecule has 0 saturated heterocycles. The zero-order chi connectivity index (χ0) is 28.1. The normalized spacial score (nSPS) is 11.1. The summed E-state index contributed by atoms with van der Waals surface area (Å²) in [5.41, 5.74) is 1.32. The predicted octanol–water partition coefficient (Wildman–Crippen LogP) is 9.47. The Kier molecular flexibility index (Phi) is 16.6. The Morgan fingerprint density at radius 1 is 0.692 bits per heavy atom. The maximum atomic E-state index is 13.3. The number of carbonyl (C=O) groups is 1. The maximum Gasteiger partial charge on any atom is 0.189 e. The first-order chi connectivity index (χ1) is 19.1. The van der Waals surface area contributed by atoms with Crippen molar-refractivity contribution < 1.29 is 23.7 Å². The summed E-state index contributed by atoms with van der Waals surface area (Å²) in [5.74, 6) is 2.47. The van der Waals surface area contributed by atoms with Crippen molar-refractivity contribution in [2.45, 2.75) is 97.8 Å². The molecule has 0 bridgehead atoms. The van der Waals surface area contributed by atoms with Gasteiger partial charge in [0, 0.05) is 11.6 Å². The first kappa shape index (κ1) is 32.3. The van der Waals surface area contributed by atoms with E-state index in [1.165, 1.54) is 38.5 Å². The molecule has 0 aliphatic heterocycles. The van der Waals surface area contributed by atoms with E-state index < -0.39 is 0 Å². The number of benzene rings is 2. The summed E-state index contributed by atoms with van der Waals surface area (Å²) in [7, 11) is 1.64. The van der Waals surface area contributed by atoms with Gasteiger partial charge in [0.15, 0.2) is 17.3 Å². The van der Waals surface area contributed by atoms with Crippen LogP contribution in [0.15, 0.2) is 42.5 Å². The van der Waals surface area contributed by atoms with Gasteiger partial charge in [-0.1, -0.05) is 90.7 Å². The highest BCUT2D eigenvalue weighted by molar-refractivity contribution is 6.08. The van der Waals surface area contributed by atoms with Crippen LogP contribution in [0.4, 0.5) is 0 Å². The third-order valence-corrected chi connectivity index (χ3v) is 6.61. The van der Waals surface area contributed by atoms with E-state index in [2.05, 4.69) is 20.8 Å². The van der Waals surface area contributed by atoms with Gasteiger partial charge in [-0.25, -0.2) is 0 Å². The van der Waals surface area contributed by atoms with Crippen molar-refractivity contribution in [1.82, 2.24) is 0 Å². The second kappa shape index (κ2) is 20.0. The van der Waals surface area contributed by atoms with E-state index in [1.54, 1.807) is 19.3 Å². The van der Waals surface area contributed by atoms with Gasteiger partial charge >= 0.3 is 0 Å². The van der Waals surface area contributed by atoms with E-state index in [9.17, 15) is 4.79 Å². The zero-order valence-electron chi connectivity index (χ0n) is 24.8. The van der Waals surface area contributed by atoms with Gasteiger partial charge in [-0.3, -0.25) is 4.79 Å². The summed E-state index contributed by atoms with van der Waals surface area (Å²) in [4.78, 5) is 13.3. The minimum atomic E-state index is -0.113. The molecule has 0 amide bonds. The number of carbonyl (C=O) groups excluding carboxylic acids is 1. The number of rotatable bonds is 22. The Balaban J connectivity index is 2.22. The molecule has 0 radical (unpaired) electrons. The van der Waals surface area contributed by atoms with E-state index in [-0.39, 0.29) is 5.78 Å². The highest BCUT2D eigenvalue weighted by Crippen LogP contribution is 2.37. The van der Waals surface area contributed by atoms with Crippen LogP contribution < -0.4 is 18.9 Å². The van der Waals surface area contributed by atoms with Crippen molar-refractivity contribution >= 4 is 11.9 Å². The Bertz CT molecular complexity index is 982. The van der Waals surface area contributed by atoms with Gasteiger partial charge < -0.3 is 18.9 Å². The number of para-hydroxylation sites is 1. The van der Waals surface area contributed by atoms with E-state index in [4.69, 9.17) is 18.9 Å². The van der Waals surface area contributed by atoms with Crippen LogP contribution in [-0.2, 0) is 0 Å². The number of hydrogen-bond acceptors (Lipinski definition) is 5. The van der Waals surface area contributed by atoms with Crippen LogP contribution in [-0.4, -0.2) is 32.7 Å². The molecule has 0 aliphatic carbocycles. The summed E-state index contributed by atoms with van der Waals surface area (Å²) in [6, 6.07) is 11.3. The van der Waals surface area contributed by atoms with Gasteiger partial charge in [0.2, 0.25) is 0 Å². The number of methoxy groups -OCH3 is 1. The lowest BCUT2D eigenvalue weighted by atomic mass is 10.1. The smallest absolute Gasteiger partial charge is 0.189 e. The van der Waals surface area contributed by atoms with Crippen molar-refractivity contribution in [3.05, 3.63) is 53.6 Å². The second-order valence-electron chi connectivity index (χ2n) is 9.96. The lowest BCUT2D eigenvalue weighted by Gasteiger charge is -2.16. The highest BCUT2D eigenvalue weighted by atomic mass is 16.5. The Morgan fingerprint density at radius 2 is 1.28 bits per heavy atom. The van der Waals surface area contributed by atoms with Crippen LogP contribution in [0.5, 0.6) is 23.0 Å². The molecule has 39 heavy (non-hydrogen) atoms. The molecule has 2 rings (SSSR count). The molecule has 5 nitrogen and oxygen atoms in total. The van der Waals surface area contributed by atoms with Crippen LogP contribution in [0.2, 0.25) is 0 Å². The monoisotopic (exact) mass is 538 g/mol. The minimum Gasteiger partial charge on any atom is -0.493 e. The van der Waals surface area contributed by atoms with Crippen molar-refractivity contribution in [3.8, 4) is 23.0 Å². The standard InChI is InChI=1S/C34H50O5/c1-5-8-11-16-23-37-29-26-28(34(33(27-29)36-4)39-25-18-13-10-7-3)21-22-31(35)30-19-14-15-20-32(30)38-24-17-12-9-6-2/h14-15,19-22,26-27H,5-13,16-18,23-25H2,1-4H3/b22-21+. The fraction of sp³-hybridized carbons (Fsp3) is 0.559. The maximum absolute atomic E-state index is 13.3. The molecule has 0 unspecified atom stereocenters. The molecule has 0 aliphatic rings. The van der Waals surface area contributed by atoms with E-state index in [0.29, 0.717) is 48.4 Å². The molecule has 0 N–H and O–H groups in total. The molecule has 2 aromatic carbocycles. The van der Waals surface area contributed by atoms with Crippen molar-refractivity contribution in [2.24, 2.45) is 0 Å². The molecule has 0 saturated carbocycles. The SMILES string of the molecule is CCCCCCOc1cc(/C=C/C(=O)c2ccccc2OCCCCCC)c(OCCCCCC)c(OC)c1. The van der Waals surface area contributed by atoms with Gasteiger partial charge in [-0.15, -0.1) is 0 Å². The summed E-state index contributed by atoms with van der Waals surface area (Å²) >= 11 is 0. The predicted molar refractivity (Wildman–Crippen MR) is 162 cm³/mol. The van der Waals surface area contributed by atoms with E-state index >= 15 is 0 Å². The lowest BCUT2D eigenvalue weighted by molar-refractivity contribution is 0.104. The lowest BCUT2D eigenvalue weighted by Crippen LogP contribution is -2.04. The molecule has 216 valence electrons. The van der Waals surface area contributed by atoms with Crippen molar-refractivity contribution in [1.29, 1.82) is 0 Å². The van der Waals surface area contributed by atoms with Gasteiger partial charge in [0.25, 0.3) is 0 Å². The average molecular weight is 539 g/mol. The van der Waals surface area contributed by atoms with Gasteiger partial charge in [0.1, 0.15) is 11.5 Å². The summed E-state index contributed by atoms with van der Waals surface area (Å²) in [5, 5.41) is 0. The number of unbranched alkanes of at least 4 members (excludes halogenated alkanes) is 9. The number of ketones is 1. The third-order valence-electron chi connectivity index (χ3n) is 6.61. The number of ether oxygens (including phenoxy) is 4. The number of hydrogen-bond donors (Lipinski definition) is 0. The van der Waals surface area contributed by atoms with Crippen LogP contribution in [0.25, 0.3) is 6.08 Å². The van der Waals surface area contributed by atoms with Crippen molar-refractivity contribution in [2.75, 3.05) is 26.9 Å². The first-order valence-electron chi connectivity index (χ1n) is 15.1. The quantitative estimate of drug-likeness (QED) is 0.0849. The molecule has 0 aromatic heterocycles. The Morgan fingerprint density at radius 3 is 1.90 bits per heavy atom. The summed E-state index contributed by atoms with van der Waals surface area (Å²) in [6.07, 6.45) is 16.9. The number of allylic oxidation sites excluding steroid dienone is 1. The largest absolute Gasteiger partial charge is 0.493 e. The molecular weight excluding hydrogens is 488 g/mol. The molecule has 5 heteroatoms. The fourth-order valence-corrected chi connectivity index (χ4v) is 4.29. The Labute approximate surface area is 236 Å². The first-order valence-corrected chi connectivity index (χ1v) is 15.1. The van der Waals surface area contributed by atoms with E-state index in [0.717, 1.165) is 44.1 Å². The fourth-order valence-electron chi connectivity index (χ4n) is 4.29. The van der Waals surface area contributed by atoms with Gasteiger partial charge in [-0.2, -0.15) is 0 Å². The summed E-state index contributed by atoms with van der Waals surface area (Å²) in [6.45, 7) is 8.43. The molecule has 0 atom stereocenters. The second-order valence-corrected chi connectivity index (χ2v) is 9.96. The van der Waals surface area contributed by atoms with Gasteiger partial charge in [0.05, 0.1) is 32.5 Å². The van der Waals surface area contributed by atoms with Gasteiger partial charge in [-0.05, 0) is 49.6 Å². The topological polar surface area (TPSA) is 54.0 Å². The summed E-state index contributed by atoms with van der Waals surface area (Å²) < 4.78 is 23.9. The molecule has 0 heterocycles. The van der Waals surface area contributed by atoms with Crippen LogP contribution in [0.3, 0.4) is 0 Å². The van der Waals surface area contributed by atoms with Crippen LogP contribution in [0.1, 0.15) is 114 Å². The van der Waals surface area contributed by atoms with E-state index in [1.807, 2.05) is 36.4 Å². The third kappa shape index (κ3) is 12.2. The minimum absolute atomic E-state index is 0.113. The van der Waals surface area contributed by atoms with Crippen LogP contribution >= 0.6 is 0 Å². The molecule has 2 aromatic rings. The molecule has 0 spiro atoms. The van der Waals surface area contributed by atoms with Crippen LogP contribution in [0, 0.1) is 0 Å². The highest BCUT2D eigenvalue weighted by Gasteiger charge is 2.15. The molecule has 0 fully saturated rings. The molecular formula is C34H50O5. The average Bonchev–Trinajstić information content (AvgIpc) is 2.96. The zero-order valence-corrected chi connectivity index (χ0v) is 24.8. The van der Waals surface area contributed by atoms with Crippen molar-refractivity contribution in [3.63, 3.8) is 0 Å². The Hall–Kier alpha value is -2.95.